The number of amides is 1. The molecule has 4 heterocycles. The summed E-state index contributed by atoms with van der Waals surface area (Å²) in [5.41, 5.74) is 8.66. The van der Waals surface area contributed by atoms with Gasteiger partial charge < -0.3 is 99.8 Å². The summed E-state index contributed by atoms with van der Waals surface area (Å²) in [6.45, 7) is -2.35. The fourth-order valence-electron chi connectivity index (χ4n) is 6.10. The van der Waals surface area contributed by atoms with Crippen molar-refractivity contribution in [2.24, 2.45) is 5.11 Å². The largest absolute Gasteiger partial charge is 0.394 e. The van der Waals surface area contributed by atoms with Crippen LogP contribution in [0.15, 0.2) is 5.11 Å². The van der Waals surface area contributed by atoms with E-state index in [1.807, 2.05) is 0 Å². The van der Waals surface area contributed by atoms with E-state index in [4.69, 9.17) is 38.7 Å². The van der Waals surface area contributed by atoms with Crippen molar-refractivity contribution >= 4 is 5.91 Å². The normalized spacial score (nSPS) is 48.4. The highest BCUT2D eigenvalue weighted by Crippen LogP contribution is 2.34. The summed E-state index contributed by atoms with van der Waals surface area (Å²) >= 11 is 0. The van der Waals surface area contributed by atoms with E-state index in [1.54, 1.807) is 0 Å². The first-order valence-corrected chi connectivity index (χ1v) is 15.5. The number of hydrogen-bond donors (Lipinski definition) is 13. The van der Waals surface area contributed by atoms with Gasteiger partial charge in [-0.2, -0.15) is 0 Å². The number of ether oxygens (including phenoxy) is 7. The number of nitrogens with one attached hydrogen (secondary N) is 1. The lowest BCUT2D eigenvalue weighted by Crippen LogP contribution is -2.68. The molecule has 288 valence electrons. The van der Waals surface area contributed by atoms with Crippen LogP contribution in [-0.2, 0) is 38.0 Å². The van der Waals surface area contributed by atoms with Crippen LogP contribution in [0.3, 0.4) is 0 Å². The Bertz CT molecular complexity index is 1150. The Labute approximate surface area is 282 Å². The third-order valence-corrected chi connectivity index (χ3v) is 8.77. The summed E-state index contributed by atoms with van der Waals surface area (Å²) < 4.78 is 38.7. The molecule has 24 nitrogen and oxygen atoms in total. The van der Waals surface area contributed by atoms with Gasteiger partial charge in [0.25, 0.3) is 0 Å². The van der Waals surface area contributed by atoms with Gasteiger partial charge in [-0.1, -0.05) is 5.11 Å². The monoisotopic (exact) mass is 732 g/mol. The van der Waals surface area contributed by atoms with E-state index in [-0.39, 0.29) is 0 Å². The SMILES string of the molecule is CC(=O)N[C@H]1[C@@H](O[C@@H]2[C@H](O)[C@@H](O)[C@H](O[C@@H]3[C@H](O)[C@@H](O)[C@H](O[C@H]4[C@H](O)[C@@H](O)C(N=[N+]=[N-])O[C@@H]4CO)O[C@@H]3CO)O[C@@H]2CO)O[C@H](CO)[C@H](O)[C@@H]1O. The topological polar surface area (TPSA) is 385 Å². The van der Waals surface area contributed by atoms with Crippen LogP contribution < -0.4 is 5.32 Å². The lowest BCUT2D eigenvalue weighted by Gasteiger charge is -2.49. The Hall–Kier alpha value is -1.98. The molecule has 1 amide bonds. The van der Waals surface area contributed by atoms with Crippen LogP contribution in [0.5, 0.6) is 0 Å². The molecule has 13 N–H and O–H groups in total. The summed E-state index contributed by atoms with van der Waals surface area (Å²) in [7, 11) is 0. The molecular formula is C26H44N4O20. The molecule has 50 heavy (non-hydrogen) atoms. The van der Waals surface area contributed by atoms with Gasteiger partial charge in [-0.05, 0) is 5.53 Å². The minimum Gasteiger partial charge on any atom is -0.394 e. The van der Waals surface area contributed by atoms with E-state index in [1.165, 1.54) is 0 Å². The average Bonchev–Trinajstić information content (AvgIpc) is 3.09. The quantitative estimate of drug-likeness (QED) is 0.0503. The van der Waals surface area contributed by atoms with Crippen LogP contribution in [-0.4, -0.2) is 216 Å². The summed E-state index contributed by atoms with van der Waals surface area (Å²) in [5, 5.41) is 130. The third-order valence-electron chi connectivity index (χ3n) is 8.77. The van der Waals surface area contributed by atoms with Crippen LogP contribution >= 0.6 is 0 Å². The van der Waals surface area contributed by atoms with Gasteiger partial charge in [0.1, 0.15) is 97.6 Å². The molecule has 0 saturated carbocycles. The Kier molecular flexibility index (Phi) is 14.4. The number of rotatable bonds is 12. The summed E-state index contributed by atoms with van der Waals surface area (Å²) in [6.07, 6.45) is -33.2. The zero-order valence-corrected chi connectivity index (χ0v) is 26.3. The zero-order valence-electron chi connectivity index (χ0n) is 26.3. The van der Waals surface area contributed by atoms with Gasteiger partial charge in [0.05, 0.1) is 26.4 Å². The van der Waals surface area contributed by atoms with E-state index < -0.39 is 155 Å². The Morgan fingerprint density at radius 1 is 0.600 bits per heavy atom. The van der Waals surface area contributed by atoms with Gasteiger partial charge in [-0.3, -0.25) is 4.79 Å². The standard InChI is InChI=1S/C26H44N4O20/c1-6(35)28-11-13(37)12(36)7(2-31)45-24(11)48-21-9(4-33)46-26(18(42)15(21)39)50-22-10(5-34)47-25(19(43)16(22)40)49-20-8(3-32)44-23(29-30-27)17(41)14(20)38/h7-26,31-34,36-43H,2-5H2,1H3,(H,28,35)/t7-,8-,9-,10-,11-,12+,13-,14-,15-,16-,17-,18-,19-,20-,21+,22+,23?,24-,25+,26+/m1/s1. The molecule has 4 aliphatic heterocycles. The highest BCUT2D eigenvalue weighted by atomic mass is 16.8. The maximum Gasteiger partial charge on any atom is 0.217 e. The van der Waals surface area contributed by atoms with Crippen LogP contribution in [0.25, 0.3) is 10.4 Å². The van der Waals surface area contributed by atoms with E-state index in [2.05, 4.69) is 15.3 Å². The number of hydrogen-bond acceptors (Lipinski definition) is 21. The van der Waals surface area contributed by atoms with Crippen molar-refractivity contribution in [2.45, 2.75) is 130 Å². The van der Waals surface area contributed by atoms with Crippen molar-refractivity contribution in [3.8, 4) is 0 Å². The van der Waals surface area contributed by atoms with Gasteiger partial charge in [-0.15, -0.1) is 0 Å². The third kappa shape index (κ3) is 8.46. The van der Waals surface area contributed by atoms with E-state index in [9.17, 15) is 66.1 Å². The first-order chi connectivity index (χ1) is 23.7. The molecule has 4 fully saturated rings. The molecule has 0 aromatic rings. The van der Waals surface area contributed by atoms with E-state index >= 15 is 0 Å². The smallest absolute Gasteiger partial charge is 0.217 e. The average molecular weight is 733 g/mol. The van der Waals surface area contributed by atoms with Gasteiger partial charge in [-0.25, -0.2) is 0 Å². The maximum atomic E-state index is 11.8. The van der Waals surface area contributed by atoms with Gasteiger partial charge in [0, 0.05) is 11.8 Å². The predicted octanol–water partition coefficient (Wildman–Crippen LogP) is -8.29. The summed E-state index contributed by atoms with van der Waals surface area (Å²) in [4.78, 5) is 14.3. The Morgan fingerprint density at radius 3 is 1.42 bits per heavy atom. The lowest BCUT2D eigenvalue weighted by molar-refractivity contribution is -0.381. The molecule has 20 atom stereocenters. The number of nitrogens with zero attached hydrogens (tertiary/aromatic N) is 3. The van der Waals surface area contributed by atoms with Crippen molar-refractivity contribution in [1.82, 2.24) is 5.32 Å². The fourth-order valence-corrected chi connectivity index (χ4v) is 6.10. The molecule has 1 unspecified atom stereocenters. The number of carbonyl (C=O) groups is 1. The Balaban J connectivity index is 1.46. The molecule has 0 radical (unpaired) electrons. The summed E-state index contributed by atoms with van der Waals surface area (Å²) in [5.74, 6) is -0.678. The fraction of sp³-hybridized carbons (Fsp3) is 0.962. The number of carbonyl (C=O) groups excluding carboxylic acids is 1. The second kappa shape index (κ2) is 17.7. The number of aliphatic hydroxyl groups is 12. The van der Waals surface area contributed by atoms with Gasteiger partial charge >= 0.3 is 0 Å². The van der Waals surface area contributed by atoms with Crippen molar-refractivity contribution in [1.29, 1.82) is 0 Å². The molecular weight excluding hydrogens is 688 g/mol. The minimum absolute atomic E-state index is 0.678. The first-order valence-electron chi connectivity index (χ1n) is 15.5. The first kappa shape index (κ1) is 40.8. The van der Waals surface area contributed by atoms with E-state index in [0.29, 0.717) is 0 Å². The highest BCUT2D eigenvalue weighted by Gasteiger charge is 2.55. The number of azide groups is 1. The van der Waals surface area contributed by atoms with Crippen LogP contribution in [0, 0.1) is 0 Å². The maximum absolute atomic E-state index is 11.8. The van der Waals surface area contributed by atoms with Crippen molar-refractivity contribution < 1.29 is 99.2 Å². The molecule has 4 aliphatic rings. The molecule has 0 aromatic heterocycles. The minimum atomic E-state index is -2.04. The molecule has 0 spiro atoms. The van der Waals surface area contributed by atoms with Crippen molar-refractivity contribution in [3.63, 3.8) is 0 Å². The molecule has 0 aliphatic carbocycles. The molecule has 24 heteroatoms. The van der Waals surface area contributed by atoms with Crippen LogP contribution in [0.1, 0.15) is 6.92 Å². The van der Waals surface area contributed by atoms with Crippen molar-refractivity contribution in [2.75, 3.05) is 26.4 Å². The highest BCUT2D eigenvalue weighted by molar-refractivity contribution is 5.73. The zero-order chi connectivity index (χ0) is 37.0. The molecule has 0 bridgehead atoms. The van der Waals surface area contributed by atoms with Crippen LogP contribution in [0.4, 0.5) is 0 Å². The van der Waals surface area contributed by atoms with Gasteiger partial charge in [0.15, 0.2) is 25.1 Å². The predicted molar refractivity (Wildman–Crippen MR) is 152 cm³/mol. The van der Waals surface area contributed by atoms with Crippen LogP contribution in [0.2, 0.25) is 0 Å². The molecule has 0 aromatic carbocycles. The Morgan fingerprint density at radius 2 is 1.00 bits per heavy atom. The second-order valence-electron chi connectivity index (χ2n) is 12.1. The van der Waals surface area contributed by atoms with E-state index in [0.717, 1.165) is 6.92 Å². The molecule has 4 rings (SSSR count). The second-order valence-corrected chi connectivity index (χ2v) is 12.1. The van der Waals surface area contributed by atoms with Crippen molar-refractivity contribution in [3.05, 3.63) is 10.4 Å². The molecule has 4 saturated heterocycles. The lowest BCUT2D eigenvalue weighted by atomic mass is 9.95. The van der Waals surface area contributed by atoms with Gasteiger partial charge in [0.2, 0.25) is 5.91 Å². The summed E-state index contributed by atoms with van der Waals surface area (Å²) in [6, 6.07) is -1.45. The number of aliphatic hydroxyl groups excluding tert-OH is 12.